The Morgan fingerprint density at radius 2 is 1.94 bits per heavy atom. The van der Waals surface area contributed by atoms with E-state index in [9.17, 15) is 20.1 Å². The summed E-state index contributed by atoms with van der Waals surface area (Å²) in [5, 5.41) is 34.2. The molecule has 0 saturated heterocycles. The van der Waals surface area contributed by atoms with Crippen molar-refractivity contribution in [3.05, 3.63) is 64.8 Å². The van der Waals surface area contributed by atoms with E-state index in [1.54, 1.807) is 42.0 Å². The average molecular weight is 481 g/mol. The standard InChI is InChI=1S/C20H23ClN6O4.H2S/c1-12-6-22-20(24-15(8-28)9-29)26-18(12)27-7-16(23-11-27)19(31)25-17(10-30)13-3-2-4-14(21)5-13;/h2-7,11,15,17,28-30H,8-10H2,1H3,(H,25,31)(H,22,24,26);1H2/t17-;/m1./s1. The zero-order valence-electron chi connectivity index (χ0n) is 17.2. The van der Waals surface area contributed by atoms with Gasteiger partial charge in [-0.25, -0.2) is 9.97 Å². The summed E-state index contributed by atoms with van der Waals surface area (Å²) in [6.45, 7) is 0.938. The Balaban J connectivity index is 0.00000363. The van der Waals surface area contributed by atoms with Crippen LogP contribution in [0.3, 0.4) is 0 Å². The van der Waals surface area contributed by atoms with Crippen LogP contribution in [0.15, 0.2) is 43.0 Å². The summed E-state index contributed by atoms with van der Waals surface area (Å²) in [5.41, 5.74) is 1.54. The smallest absolute Gasteiger partial charge is 0.272 e. The van der Waals surface area contributed by atoms with Crippen molar-refractivity contribution < 1.29 is 20.1 Å². The van der Waals surface area contributed by atoms with Gasteiger partial charge in [-0.2, -0.15) is 18.5 Å². The number of aliphatic hydroxyl groups excluding tert-OH is 3. The lowest BCUT2D eigenvalue weighted by Crippen LogP contribution is -2.31. The molecule has 0 fully saturated rings. The fourth-order valence-electron chi connectivity index (χ4n) is 2.84. The summed E-state index contributed by atoms with van der Waals surface area (Å²) in [4.78, 5) is 25.3. The van der Waals surface area contributed by atoms with Gasteiger partial charge in [-0.1, -0.05) is 23.7 Å². The number of halogens is 1. The zero-order chi connectivity index (χ0) is 22.4. The van der Waals surface area contributed by atoms with Gasteiger partial charge in [0.15, 0.2) is 0 Å². The van der Waals surface area contributed by atoms with E-state index in [1.807, 2.05) is 0 Å². The van der Waals surface area contributed by atoms with E-state index in [0.717, 1.165) is 5.56 Å². The number of nitrogens with one attached hydrogen (secondary N) is 2. The number of nitrogens with zero attached hydrogens (tertiary/aromatic N) is 4. The molecule has 0 aliphatic heterocycles. The van der Waals surface area contributed by atoms with Crippen molar-refractivity contribution in [2.75, 3.05) is 25.1 Å². The number of aromatic nitrogens is 4. The number of carbonyl (C=O) groups is 1. The van der Waals surface area contributed by atoms with Gasteiger partial charge >= 0.3 is 0 Å². The van der Waals surface area contributed by atoms with Crippen molar-refractivity contribution >= 4 is 37.0 Å². The van der Waals surface area contributed by atoms with Crippen molar-refractivity contribution in [2.45, 2.75) is 19.0 Å². The molecule has 12 heteroatoms. The maximum Gasteiger partial charge on any atom is 0.272 e. The molecule has 0 aliphatic rings. The summed E-state index contributed by atoms with van der Waals surface area (Å²) in [5.74, 6) is 0.227. The summed E-state index contributed by atoms with van der Waals surface area (Å²) < 4.78 is 1.57. The van der Waals surface area contributed by atoms with E-state index in [0.29, 0.717) is 16.4 Å². The second-order valence-electron chi connectivity index (χ2n) is 6.84. The van der Waals surface area contributed by atoms with Crippen LogP contribution in [-0.4, -0.2) is 66.6 Å². The maximum atomic E-state index is 12.7. The zero-order valence-corrected chi connectivity index (χ0v) is 19.0. The molecule has 0 unspecified atom stereocenters. The summed E-state index contributed by atoms with van der Waals surface area (Å²) in [6.07, 6.45) is 4.53. The number of imidazole rings is 1. The summed E-state index contributed by atoms with van der Waals surface area (Å²) >= 11 is 5.99. The molecule has 0 aliphatic carbocycles. The topological polar surface area (TPSA) is 145 Å². The second-order valence-corrected chi connectivity index (χ2v) is 7.27. The lowest BCUT2D eigenvalue weighted by molar-refractivity contribution is 0.0911. The van der Waals surface area contributed by atoms with Gasteiger partial charge in [0.1, 0.15) is 17.8 Å². The number of aliphatic hydroxyl groups is 3. The van der Waals surface area contributed by atoms with E-state index < -0.39 is 18.0 Å². The maximum absolute atomic E-state index is 12.7. The number of carbonyl (C=O) groups excluding carboxylic acids is 1. The summed E-state index contributed by atoms with van der Waals surface area (Å²) in [6, 6.07) is 5.65. The largest absolute Gasteiger partial charge is 0.394 e. The minimum atomic E-state index is -0.637. The molecule has 172 valence electrons. The molecule has 0 radical (unpaired) electrons. The minimum Gasteiger partial charge on any atom is -0.394 e. The molecule has 0 bridgehead atoms. The van der Waals surface area contributed by atoms with Crippen molar-refractivity contribution in [1.29, 1.82) is 0 Å². The molecule has 1 amide bonds. The van der Waals surface area contributed by atoms with Gasteiger partial charge in [-0.3, -0.25) is 9.36 Å². The van der Waals surface area contributed by atoms with Crippen molar-refractivity contribution in [3.63, 3.8) is 0 Å². The van der Waals surface area contributed by atoms with Gasteiger partial charge in [0, 0.05) is 23.0 Å². The third-order valence-electron chi connectivity index (χ3n) is 4.52. The van der Waals surface area contributed by atoms with Gasteiger partial charge < -0.3 is 26.0 Å². The molecule has 0 saturated carbocycles. The van der Waals surface area contributed by atoms with Crippen LogP contribution in [0.2, 0.25) is 5.02 Å². The third kappa shape index (κ3) is 6.17. The molecule has 32 heavy (non-hydrogen) atoms. The van der Waals surface area contributed by atoms with Crippen molar-refractivity contribution in [3.8, 4) is 5.82 Å². The van der Waals surface area contributed by atoms with Gasteiger partial charge in [0.2, 0.25) is 5.95 Å². The minimum absolute atomic E-state index is 0. The van der Waals surface area contributed by atoms with Crippen molar-refractivity contribution in [1.82, 2.24) is 24.8 Å². The quantitative estimate of drug-likeness (QED) is 0.304. The third-order valence-corrected chi connectivity index (χ3v) is 4.75. The van der Waals surface area contributed by atoms with Crippen LogP contribution < -0.4 is 10.6 Å². The number of amides is 1. The first-order chi connectivity index (χ1) is 14.9. The molecule has 3 aromatic rings. The van der Waals surface area contributed by atoms with Gasteiger partial charge in [0.25, 0.3) is 5.91 Å². The normalized spacial score (nSPS) is 11.7. The highest BCUT2D eigenvalue weighted by molar-refractivity contribution is 7.59. The van der Waals surface area contributed by atoms with Crippen LogP contribution in [0.1, 0.15) is 27.7 Å². The van der Waals surface area contributed by atoms with Crippen LogP contribution in [0.5, 0.6) is 0 Å². The predicted octanol–water partition coefficient (Wildman–Crippen LogP) is 0.965. The van der Waals surface area contributed by atoms with Crippen LogP contribution >= 0.6 is 25.1 Å². The molecular weight excluding hydrogens is 456 g/mol. The number of aryl methyl sites for hydroxylation is 1. The Hall–Kier alpha value is -2.70. The second kappa shape index (κ2) is 11.8. The first kappa shape index (κ1) is 25.6. The molecule has 3 rings (SSSR count). The Labute approximate surface area is 196 Å². The van der Waals surface area contributed by atoms with Crippen LogP contribution in [0.4, 0.5) is 5.95 Å². The number of hydrogen-bond donors (Lipinski definition) is 5. The van der Waals surface area contributed by atoms with E-state index in [2.05, 4.69) is 25.6 Å². The van der Waals surface area contributed by atoms with Crippen LogP contribution in [0, 0.1) is 6.92 Å². The molecule has 0 spiro atoms. The highest BCUT2D eigenvalue weighted by Gasteiger charge is 2.18. The van der Waals surface area contributed by atoms with Gasteiger partial charge in [-0.15, -0.1) is 0 Å². The van der Waals surface area contributed by atoms with E-state index in [1.165, 1.54) is 12.5 Å². The first-order valence-electron chi connectivity index (χ1n) is 9.48. The highest BCUT2D eigenvalue weighted by Crippen LogP contribution is 2.18. The Morgan fingerprint density at radius 1 is 1.19 bits per heavy atom. The number of anilines is 1. The molecule has 10 nitrogen and oxygen atoms in total. The predicted molar refractivity (Wildman–Crippen MR) is 125 cm³/mol. The fourth-order valence-corrected chi connectivity index (χ4v) is 3.04. The van der Waals surface area contributed by atoms with E-state index >= 15 is 0 Å². The Morgan fingerprint density at radius 3 is 2.59 bits per heavy atom. The lowest BCUT2D eigenvalue weighted by atomic mass is 10.1. The average Bonchev–Trinajstić information content (AvgIpc) is 3.27. The number of benzene rings is 1. The number of rotatable bonds is 9. The van der Waals surface area contributed by atoms with E-state index in [-0.39, 0.29) is 45.0 Å². The fraction of sp³-hybridized carbons (Fsp3) is 0.300. The highest BCUT2D eigenvalue weighted by atomic mass is 35.5. The Kier molecular flexibility index (Phi) is 9.42. The SMILES string of the molecule is Cc1cnc(NC(CO)CO)nc1-n1cnc(C(=O)N[C@H](CO)c2cccc(Cl)c2)c1.S. The molecule has 1 atom stereocenters. The van der Waals surface area contributed by atoms with Crippen LogP contribution in [-0.2, 0) is 0 Å². The molecule has 1 aromatic carbocycles. The van der Waals surface area contributed by atoms with Crippen molar-refractivity contribution in [2.24, 2.45) is 0 Å². The number of hydrogen-bond acceptors (Lipinski definition) is 8. The van der Waals surface area contributed by atoms with Crippen LogP contribution in [0.25, 0.3) is 5.82 Å². The Bertz CT molecular complexity index is 1050. The summed E-state index contributed by atoms with van der Waals surface area (Å²) in [7, 11) is 0. The van der Waals surface area contributed by atoms with E-state index in [4.69, 9.17) is 11.6 Å². The lowest BCUT2D eigenvalue weighted by Gasteiger charge is -2.16. The molecule has 2 heterocycles. The monoisotopic (exact) mass is 480 g/mol. The molecular formula is C20H25ClN6O4S. The molecule has 2 aromatic heterocycles. The van der Waals surface area contributed by atoms with Gasteiger partial charge in [-0.05, 0) is 24.6 Å². The first-order valence-corrected chi connectivity index (χ1v) is 9.86. The van der Waals surface area contributed by atoms with Gasteiger partial charge in [0.05, 0.1) is 31.9 Å². The molecule has 5 N–H and O–H groups in total.